The van der Waals surface area contributed by atoms with Crippen LogP contribution in [-0.2, 0) is 9.59 Å². The molecule has 0 spiro atoms. The van der Waals surface area contributed by atoms with E-state index in [0.29, 0.717) is 13.2 Å². The van der Waals surface area contributed by atoms with Crippen LogP contribution in [0.25, 0.3) is 0 Å². The van der Waals surface area contributed by atoms with Gasteiger partial charge in [0.2, 0.25) is 5.91 Å². The van der Waals surface area contributed by atoms with Crippen LogP contribution in [0.15, 0.2) is 24.3 Å². The number of aryl methyl sites for hydroxylation is 1. The fraction of sp³-hybridized carbons (Fsp3) is 0.429. The number of hydrogen-bond acceptors (Lipinski definition) is 3. The molecule has 1 aromatic rings. The van der Waals surface area contributed by atoms with E-state index in [9.17, 15) is 9.59 Å². The highest BCUT2D eigenvalue weighted by Gasteiger charge is 2.10. The largest absolute Gasteiger partial charge is 0.492 e. The maximum atomic E-state index is 11.5. The zero-order valence-electron chi connectivity index (χ0n) is 11.1. The number of hydrogen-bond donors (Lipinski definition) is 0. The summed E-state index contributed by atoms with van der Waals surface area (Å²) in [6.45, 7) is 4.30. The normalized spacial score (nSPS) is 9.94. The Labute approximate surface area is 108 Å². The molecule has 0 radical (unpaired) electrons. The standard InChI is InChI=1S/C14H19NO3/c1-11-5-4-6-13(9-11)18-8-7-15(3)14(17)10-12(2)16/h4-6,9H,7-8,10H2,1-3H3. The molecule has 0 unspecified atom stereocenters. The molecule has 0 fully saturated rings. The Hall–Kier alpha value is -1.84. The number of Topliss-reactive ketones (excluding diaryl/α,β-unsaturated/α-hetero) is 1. The quantitative estimate of drug-likeness (QED) is 0.722. The van der Waals surface area contributed by atoms with Gasteiger partial charge in [0.15, 0.2) is 0 Å². The molecular formula is C14H19NO3. The smallest absolute Gasteiger partial charge is 0.229 e. The third-order valence-corrected chi connectivity index (χ3v) is 2.51. The number of carbonyl (C=O) groups excluding carboxylic acids is 2. The number of ketones is 1. The lowest BCUT2D eigenvalue weighted by Gasteiger charge is -2.16. The number of carbonyl (C=O) groups is 2. The van der Waals surface area contributed by atoms with Crippen molar-refractivity contribution in [3.05, 3.63) is 29.8 Å². The molecule has 0 saturated carbocycles. The lowest BCUT2D eigenvalue weighted by atomic mass is 10.2. The Morgan fingerprint density at radius 1 is 1.33 bits per heavy atom. The first-order valence-corrected chi connectivity index (χ1v) is 5.92. The minimum atomic E-state index is -0.171. The molecule has 4 nitrogen and oxygen atoms in total. The second kappa shape index (κ2) is 6.79. The summed E-state index contributed by atoms with van der Waals surface area (Å²) in [5, 5.41) is 0. The molecule has 98 valence electrons. The van der Waals surface area contributed by atoms with Crippen molar-refractivity contribution < 1.29 is 14.3 Å². The van der Waals surface area contributed by atoms with E-state index in [0.717, 1.165) is 11.3 Å². The van der Waals surface area contributed by atoms with E-state index >= 15 is 0 Å². The Bertz CT molecular complexity index is 429. The van der Waals surface area contributed by atoms with Crippen LogP contribution < -0.4 is 4.74 Å². The predicted molar refractivity (Wildman–Crippen MR) is 69.6 cm³/mol. The third kappa shape index (κ3) is 4.99. The zero-order chi connectivity index (χ0) is 13.5. The van der Waals surface area contributed by atoms with E-state index in [4.69, 9.17) is 4.74 Å². The van der Waals surface area contributed by atoms with Gasteiger partial charge in [0.25, 0.3) is 0 Å². The van der Waals surface area contributed by atoms with Crippen molar-refractivity contribution >= 4 is 11.7 Å². The number of benzene rings is 1. The van der Waals surface area contributed by atoms with Gasteiger partial charge < -0.3 is 9.64 Å². The number of rotatable bonds is 6. The average molecular weight is 249 g/mol. The van der Waals surface area contributed by atoms with E-state index in [2.05, 4.69) is 0 Å². The highest BCUT2D eigenvalue weighted by atomic mass is 16.5. The van der Waals surface area contributed by atoms with Crippen molar-refractivity contribution in [3.8, 4) is 5.75 Å². The fourth-order valence-electron chi connectivity index (χ4n) is 1.48. The van der Waals surface area contributed by atoms with Gasteiger partial charge in [0.05, 0.1) is 13.0 Å². The van der Waals surface area contributed by atoms with E-state index in [-0.39, 0.29) is 18.1 Å². The second-order valence-corrected chi connectivity index (χ2v) is 4.36. The first-order valence-electron chi connectivity index (χ1n) is 5.92. The molecule has 0 aliphatic carbocycles. The van der Waals surface area contributed by atoms with Crippen LogP contribution in [0, 0.1) is 6.92 Å². The summed E-state index contributed by atoms with van der Waals surface area (Å²) in [5.74, 6) is 0.504. The monoisotopic (exact) mass is 249 g/mol. The van der Waals surface area contributed by atoms with Gasteiger partial charge in [-0.2, -0.15) is 0 Å². The molecule has 1 amide bonds. The second-order valence-electron chi connectivity index (χ2n) is 4.36. The van der Waals surface area contributed by atoms with Crippen LogP contribution in [-0.4, -0.2) is 36.8 Å². The Morgan fingerprint density at radius 3 is 2.67 bits per heavy atom. The predicted octanol–water partition coefficient (Wildman–Crippen LogP) is 1.81. The van der Waals surface area contributed by atoms with Crippen LogP contribution >= 0.6 is 0 Å². The summed E-state index contributed by atoms with van der Waals surface area (Å²) in [6, 6.07) is 7.74. The molecule has 1 aromatic carbocycles. The van der Waals surface area contributed by atoms with Crippen molar-refractivity contribution in [2.75, 3.05) is 20.2 Å². The highest BCUT2D eigenvalue weighted by Crippen LogP contribution is 2.12. The van der Waals surface area contributed by atoms with Crippen LogP contribution in [0.4, 0.5) is 0 Å². The van der Waals surface area contributed by atoms with E-state index in [1.54, 1.807) is 7.05 Å². The maximum Gasteiger partial charge on any atom is 0.229 e. The molecule has 0 atom stereocenters. The van der Waals surface area contributed by atoms with E-state index in [1.807, 2.05) is 31.2 Å². The lowest BCUT2D eigenvalue weighted by Crippen LogP contribution is -2.31. The molecule has 0 aromatic heterocycles. The van der Waals surface area contributed by atoms with Crippen molar-refractivity contribution in [1.82, 2.24) is 4.90 Å². The first kappa shape index (κ1) is 14.2. The highest BCUT2D eigenvalue weighted by molar-refractivity contribution is 5.96. The summed E-state index contributed by atoms with van der Waals surface area (Å²) in [4.78, 5) is 23.8. The van der Waals surface area contributed by atoms with Crippen molar-refractivity contribution in [3.63, 3.8) is 0 Å². The molecule has 0 aliphatic rings. The molecule has 0 N–H and O–H groups in total. The van der Waals surface area contributed by atoms with Gasteiger partial charge in [0, 0.05) is 7.05 Å². The molecule has 0 heterocycles. The Morgan fingerprint density at radius 2 is 2.06 bits per heavy atom. The summed E-state index contributed by atoms with van der Waals surface area (Å²) in [7, 11) is 1.67. The summed E-state index contributed by atoms with van der Waals surface area (Å²) >= 11 is 0. The SMILES string of the molecule is CC(=O)CC(=O)N(C)CCOc1cccc(C)c1. The van der Waals surface area contributed by atoms with Gasteiger partial charge in [-0.15, -0.1) is 0 Å². The molecule has 0 saturated heterocycles. The topological polar surface area (TPSA) is 46.6 Å². The van der Waals surface area contributed by atoms with Gasteiger partial charge in [-0.3, -0.25) is 9.59 Å². The third-order valence-electron chi connectivity index (χ3n) is 2.51. The molecule has 0 aliphatic heterocycles. The zero-order valence-corrected chi connectivity index (χ0v) is 11.1. The van der Waals surface area contributed by atoms with Gasteiger partial charge in [-0.1, -0.05) is 12.1 Å². The van der Waals surface area contributed by atoms with Crippen molar-refractivity contribution in [1.29, 1.82) is 0 Å². The molecule has 4 heteroatoms. The minimum absolute atomic E-state index is 0.0407. The molecule has 0 bridgehead atoms. The first-order chi connectivity index (χ1) is 8.49. The van der Waals surface area contributed by atoms with E-state index in [1.165, 1.54) is 11.8 Å². The Balaban J connectivity index is 2.33. The fourth-order valence-corrected chi connectivity index (χ4v) is 1.48. The number of likely N-dealkylation sites (N-methyl/N-ethyl adjacent to an activating group) is 1. The van der Waals surface area contributed by atoms with Crippen LogP contribution in [0.1, 0.15) is 18.9 Å². The van der Waals surface area contributed by atoms with Gasteiger partial charge in [-0.25, -0.2) is 0 Å². The van der Waals surface area contributed by atoms with Gasteiger partial charge in [-0.05, 0) is 31.5 Å². The summed E-state index contributed by atoms with van der Waals surface area (Å²) < 4.78 is 5.53. The van der Waals surface area contributed by atoms with Crippen LogP contribution in [0.2, 0.25) is 0 Å². The van der Waals surface area contributed by atoms with Crippen molar-refractivity contribution in [2.24, 2.45) is 0 Å². The lowest BCUT2D eigenvalue weighted by molar-refractivity contribution is -0.134. The molecule has 1 rings (SSSR count). The van der Waals surface area contributed by atoms with Gasteiger partial charge >= 0.3 is 0 Å². The van der Waals surface area contributed by atoms with Crippen LogP contribution in [0.5, 0.6) is 5.75 Å². The van der Waals surface area contributed by atoms with E-state index < -0.39 is 0 Å². The minimum Gasteiger partial charge on any atom is -0.492 e. The Kier molecular flexibility index (Phi) is 5.36. The molecule has 18 heavy (non-hydrogen) atoms. The van der Waals surface area contributed by atoms with Crippen molar-refractivity contribution in [2.45, 2.75) is 20.3 Å². The maximum absolute atomic E-state index is 11.5. The summed E-state index contributed by atoms with van der Waals surface area (Å²) in [5.41, 5.74) is 1.13. The number of ether oxygens (including phenoxy) is 1. The van der Waals surface area contributed by atoms with Crippen LogP contribution in [0.3, 0.4) is 0 Å². The van der Waals surface area contributed by atoms with Gasteiger partial charge in [0.1, 0.15) is 18.1 Å². The summed E-state index contributed by atoms with van der Waals surface area (Å²) in [6.07, 6.45) is -0.0407. The average Bonchev–Trinajstić information content (AvgIpc) is 2.28. The molecular weight excluding hydrogens is 230 g/mol. The number of amides is 1. The number of nitrogens with zero attached hydrogens (tertiary/aromatic N) is 1.